The number of anilines is 1. The Morgan fingerprint density at radius 2 is 2.23 bits per heavy atom. The van der Waals surface area contributed by atoms with Crippen LogP contribution in [0.1, 0.15) is 5.56 Å². The van der Waals surface area contributed by atoms with E-state index in [0.717, 1.165) is 11.3 Å². The van der Waals surface area contributed by atoms with Crippen molar-refractivity contribution in [2.45, 2.75) is 6.92 Å². The first-order valence-corrected chi connectivity index (χ1v) is 4.58. The number of aryl methyl sites for hydroxylation is 1. The fraction of sp³-hybridized carbons (Fsp3) is 0.300. The molecule has 0 saturated heterocycles. The van der Waals surface area contributed by atoms with E-state index in [9.17, 15) is 4.79 Å². The predicted molar refractivity (Wildman–Crippen MR) is 55.3 cm³/mol. The van der Waals surface area contributed by atoms with Crippen molar-refractivity contribution in [1.29, 1.82) is 0 Å². The Bertz CT molecular complexity index is 312. The highest BCUT2D eigenvalue weighted by atomic mass is 35.5. The third kappa shape index (κ3) is 2.46. The molecule has 0 aromatic heterocycles. The summed E-state index contributed by atoms with van der Waals surface area (Å²) >= 11 is 5.45. The van der Waals surface area contributed by atoms with Crippen molar-refractivity contribution in [3.8, 4) is 0 Å². The number of carbonyl (C=O) groups is 1. The zero-order valence-electron chi connectivity index (χ0n) is 7.75. The second-order valence-corrected chi connectivity index (χ2v) is 3.19. The number of hydrogen-bond donors (Lipinski definition) is 0. The summed E-state index contributed by atoms with van der Waals surface area (Å²) in [6.07, 6.45) is 0. The van der Waals surface area contributed by atoms with Crippen molar-refractivity contribution in [1.82, 2.24) is 0 Å². The lowest BCUT2D eigenvalue weighted by atomic mass is 10.2. The van der Waals surface area contributed by atoms with E-state index in [2.05, 4.69) is 0 Å². The number of nitrogens with zero attached hydrogens (tertiary/aromatic N) is 1. The van der Waals surface area contributed by atoms with Crippen molar-refractivity contribution in [3.05, 3.63) is 29.8 Å². The normalized spacial score (nSPS) is 9.77. The van der Waals surface area contributed by atoms with Gasteiger partial charge in [-0.15, -0.1) is 11.6 Å². The van der Waals surface area contributed by atoms with Gasteiger partial charge in [-0.2, -0.15) is 0 Å². The Kier molecular flexibility index (Phi) is 3.32. The molecule has 1 aromatic carbocycles. The molecule has 1 aromatic rings. The molecule has 1 rings (SSSR count). The van der Waals surface area contributed by atoms with E-state index in [1.54, 1.807) is 11.9 Å². The van der Waals surface area contributed by atoms with E-state index in [-0.39, 0.29) is 11.8 Å². The monoisotopic (exact) mass is 197 g/mol. The van der Waals surface area contributed by atoms with Crippen LogP contribution in [0.15, 0.2) is 24.3 Å². The van der Waals surface area contributed by atoms with E-state index >= 15 is 0 Å². The van der Waals surface area contributed by atoms with Crippen LogP contribution in [0.25, 0.3) is 0 Å². The lowest BCUT2D eigenvalue weighted by Crippen LogP contribution is -2.27. The maximum Gasteiger partial charge on any atom is 0.241 e. The van der Waals surface area contributed by atoms with Crippen LogP contribution in [0.4, 0.5) is 5.69 Å². The van der Waals surface area contributed by atoms with Crippen LogP contribution < -0.4 is 4.90 Å². The first-order valence-electron chi connectivity index (χ1n) is 4.04. The van der Waals surface area contributed by atoms with Gasteiger partial charge in [0.15, 0.2) is 0 Å². The molecule has 0 saturated carbocycles. The van der Waals surface area contributed by atoms with Crippen molar-refractivity contribution < 1.29 is 4.79 Å². The van der Waals surface area contributed by atoms with Gasteiger partial charge in [0.25, 0.3) is 0 Å². The highest BCUT2D eigenvalue weighted by molar-refractivity contribution is 6.29. The maximum atomic E-state index is 11.2. The van der Waals surface area contributed by atoms with Gasteiger partial charge in [0.1, 0.15) is 5.88 Å². The first kappa shape index (κ1) is 10.1. The summed E-state index contributed by atoms with van der Waals surface area (Å²) in [5.74, 6) is -0.0722. The average molecular weight is 198 g/mol. The van der Waals surface area contributed by atoms with Crippen molar-refractivity contribution in [2.75, 3.05) is 17.8 Å². The van der Waals surface area contributed by atoms with E-state index in [4.69, 9.17) is 11.6 Å². The molecule has 2 nitrogen and oxygen atoms in total. The van der Waals surface area contributed by atoms with Gasteiger partial charge in [0.05, 0.1) is 0 Å². The zero-order valence-corrected chi connectivity index (χ0v) is 8.51. The number of carbonyl (C=O) groups excluding carboxylic acids is 1. The molecule has 0 heterocycles. The molecular weight excluding hydrogens is 186 g/mol. The number of amides is 1. The second kappa shape index (κ2) is 4.28. The third-order valence-electron chi connectivity index (χ3n) is 1.88. The smallest absolute Gasteiger partial charge is 0.241 e. The molecule has 3 heteroatoms. The molecule has 0 atom stereocenters. The SMILES string of the molecule is Cc1cccc(N(C)C(=O)CCl)c1. The van der Waals surface area contributed by atoms with Crippen LogP contribution in [0.2, 0.25) is 0 Å². The van der Waals surface area contributed by atoms with Crippen LogP contribution in [0.3, 0.4) is 0 Å². The quantitative estimate of drug-likeness (QED) is 0.666. The highest BCUT2D eigenvalue weighted by Crippen LogP contribution is 2.14. The number of benzene rings is 1. The Hall–Kier alpha value is -1.02. The summed E-state index contributed by atoms with van der Waals surface area (Å²) in [5.41, 5.74) is 2.01. The number of alkyl halides is 1. The molecule has 0 spiro atoms. The molecule has 0 N–H and O–H groups in total. The minimum atomic E-state index is -0.0905. The summed E-state index contributed by atoms with van der Waals surface area (Å²) in [6, 6.07) is 7.74. The van der Waals surface area contributed by atoms with E-state index < -0.39 is 0 Å². The van der Waals surface area contributed by atoms with E-state index in [0.29, 0.717) is 0 Å². The summed E-state index contributed by atoms with van der Waals surface area (Å²) in [5, 5.41) is 0. The Morgan fingerprint density at radius 1 is 1.54 bits per heavy atom. The summed E-state index contributed by atoms with van der Waals surface area (Å²) in [6.45, 7) is 1.99. The van der Waals surface area contributed by atoms with Gasteiger partial charge in [-0.1, -0.05) is 12.1 Å². The standard InChI is InChI=1S/C10H12ClNO/c1-8-4-3-5-9(6-8)12(2)10(13)7-11/h3-6H,7H2,1-2H3. The summed E-state index contributed by atoms with van der Waals surface area (Å²) in [4.78, 5) is 12.8. The van der Waals surface area contributed by atoms with Crippen LogP contribution in [0.5, 0.6) is 0 Å². The Labute approximate surface area is 83.1 Å². The molecule has 0 aliphatic rings. The average Bonchev–Trinajstić information content (AvgIpc) is 2.15. The van der Waals surface area contributed by atoms with Crippen molar-refractivity contribution in [3.63, 3.8) is 0 Å². The predicted octanol–water partition coefficient (Wildman–Crippen LogP) is 2.20. The van der Waals surface area contributed by atoms with Gasteiger partial charge < -0.3 is 4.90 Å². The van der Waals surface area contributed by atoms with Crippen LogP contribution in [0, 0.1) is 6.92 Å². The second-order valence-electron chi connectivity index (χ2n) is 2.93. The van der Waals surface area contributed by atoms with Crippen molar-refractivity contribution >= 4 is 23.2 Å². The Balaban J connectivity index is 2.88. The minimum Gasteiger partial charge on any atom is -0.314 e. The van der Waals surface area contributed by atoms with Crippen LogP contribution in [-0.2, 0) is 4.79 Å². The zero-order chi connectivity index (χ0) is 9.84. The minimum absolute atomic E-state index is 0.0183. The lowest BCUT2D eigenvalue weighted by molar-refractivity contribution is -0.116. The molecule has 0 aliphatic heterocycles. The molecule has 13 heavy (non-hydrogen) atoms. The number of rotatable bonds is 2. The molecule has 0 bridgehead atoms. The molecule has 0 aliphatic carbocycles. The fourth-order valence-electron chi connectivity index (χ4n) is 1.07. The topological polar surface area (TPSA) is 20.3 Å². The van der Waals surface area contributed by atoms with Gasteiger partial charge in [0, 0.05) is 12.7 Å². The van der Waals surface area contributed by atoms with Gasteiger partial charge >= 0.3 is 0 Å². The van der Waals surface area contributed by atoms with Gasteiger partial charge in [0.2, 0.25) is 5.91 Å². The lowest BCUT2D eigenvalue weighted by Gasteiger charge is -2.16. The largest absolute Gasteiger partial charge is 0.314 e. The van der Waals surface area contributed by atoms with E-state index in [1.165, 1.54) is 0 Å². The molecule has 70 valence electrons. The summed E-state index contributed by atoms with van der Waals surface area (Å²) < 4.78 is 0. The van der Waals surface area contributed by atoms with Gasteiger partial charge in [-0.25, -0.2) is 0 Å². The Morgan fingerprint density at radius 3 is 2.77 bits per heavy atom. The fourth-order valence-corrected chi connectivity index (χ4v) is 1.25. The molecule has 0 radical (unpaired) electrons. The number of halogens is 1. The summed E-state index contributed by atoms with van der Waals surface area (Å²) in [7, 11) is 1.72. The first-order chi connectivity index (χ1) is 6.15. The highest BCUT2D eigenvalue weighted by Gasteiger charge is 2.08. The molecule has 0 unspecified atom stereocenters. The van der Waals surface area contributed by atoms with Crippen LogP contribution >= 0.6 is 11.6 Å². The van der Waals surface area contributed by atoms with Crippen molar-refractivity contribution in [2.24, 2.45) is 0 Å². The van der Waals surface area contributed by atoms with E-state index in [1.807, 2.05) is 31.2 Å². The molecule has 1 amide bonds. The molecule has 0 fully saturated rings. The molecular formula is C10H12ClNO. The number of hydrogen-bond acceptors (Lipinski definition) is 1. The van der Waals surface area contributed by atoms with Gasteiger partial charge in [-0.05, 0) is 24.6 Å². The van der Waals surface area contributed by atoms with Crippen LogP contribution in [-0.4, -0.2) is 18.8 Å². The third-order valence-corrected chi connectivity index (χ3v) is 2.11. The van der Waals surface area contributed by atoms with Gasteiger partial charge in [-0.3, -0.25) is 4.79 Å². The maximum absolute atomic E-state index is 11.2.